The van der Waals surface area contributed by atoms with Crippen LogP contribution in [0.2, 0.25) is 0 Å². The second-order valence-corrected chi connectivity index (χ2v) is 3.73. The van der Waals surface area contributed by atoms with E-state index in [1.165, 1.54) is 0 Å². The van der Waals surface area contributed by atoms with Crippen LogP contribution in [-0.2, 0) is 23.1 Å². The summed E-state index contributed by atoms with van der Waals surface area (Å²) in [5.41, 5.74) is 1.24. The van der Waals surface area contributed by atoms with E-state index in [0.29, 0.717) is 31.1 Å². The predicted molar refractivity (Wildman–Crippen MR) is 67.2 cm³/mol. The SMILES string of the molecule is C=C(CNCc1cc(OC)n(C)n1)C(=O)OCC. The number of hydrogen-bond donors (Lipinski definition) is 1. The number of aromatic nitrogens is 2. The van der Waals surface area contributed by atoms with Crippen LogP contribution in [0.25, 0.3) is 0 Å². The fourth-order valence-electron chi connectivity index (χ4n) is 1.43. The molecule has 0 bridgehead atoms. The van der Waals surface area contributed by atoms with E-state index >= 15 is 0 Å². The Morgan fingerprint density at radius 2 is 2.33 bits per heavy atom. The van der Waals surface area contributed by atoms with Gasteiger partial charge in [-0.1, -0.05) is 6.58 Å². The Morgan fingerprint density at radius 3 is 2.89 bits per heavy atom. The molecule has 18 heavy (non-hydrogen) atoms. The molecule has 0 saturated carbocycles. The first kappa shape index (κ1) is 14.2. The lowest BCUT2D eigenvalue weighted by Crippen LogP contribution is -2.21. The monoisotopic (exact) mass is 253 g/mol. The van der Waals surface area contributed by atoms with Crippen molar-refractivity contribution < 1.29 is 14.3 Å². The van der Waals surface area contributed by atoms with Crippen LogP contribution in [0.4, 0.5) is 0 Å². The summed E-state index contributed by atoms with van der Waals surface area (Å²) in [7, 11) is 3.40. The normalized spacial score (nSPS) is 10.2. The Morgan fingerprint density at radius 1 is 1.61 bits per heavy atom. The fraction of sp³-hybridized carbons (Fsp3) is 0.500. The lowest BCUT2D eigenvalue weighted by molar-refractivity contribution is -0.138. The number of hydrogen-bond acceptors (Lipinski definition) is 5. The van der Waals surface area contributed by atoms with E-state index in [1.807, 2.05) is 6.07 Å². The number of carbonyl (C=O) groups is 1. The molecule has 0 aliphatic rings. The number of ether oxygens (including phenoxy) is 2. The first-order chi connectivity index (χ1) is 8.58. The van der Waals surface area contributed by atoms with Gasteiger partial charge in [-0.15, -0.1) is 0 Å². The molecule has 0 saturated heterocycles. The molecule has 0 atom stereocenters. The predicted octanol–water partition coefficient (Wildman–Crippen LogP) is 0.638. The summed E-state index contributed by atoms with van der Waals surface area (Å²) < 4.78 is 11.6. The summed E-state index contributed by atoms with van der Waals surface area (Å²) in [6.45, 7) is 6.69. The molecule has 0 radical (unpaired) electrons. The molecular formula is C12H19N3O3. The Kier molecular flexibility index (Phi) is 5.38. The number of aryl methyl sites for hydroxylation is 1. The van der Waals surface area contributed by atoms with Crippen LogP contribution in [0.5, 0.6) is 5.88 Å². The van der Waals surface area contributed by atoms with E-state index < -0.39 is 0 Å². The van der Waals surface area contributed by atoms with Crippen LogP contribution in [0.15, 0.2) is 18.2 Å². The van der Waals surface area contributed by atoms with Crippen LogP contribution in [-0.4, -0.2) is 36.0 Å². The first-order valence-electron chi connectivity index (χ1n) is 5.71. The third-order valence-corrected chi connectivity index (χ3v) is 2.31. The molecule has 0 spiro atoms. The highest BCUT2D eigenvalue weighted by atomic mass is 16.5. The third kappa shape index (κ3) is 3.89. The zero-order valence-corrected chi connectivity index (χ0v) is 11.0. The summed E-state index contributed by atoms with van der Waals surface area (Å²) in [6, 6.07) is 1.83. The van der Waals surface area contributed by atoms with E-state index in [4.69, 9.17) is 9.47 Å². The van der Waals surface area contributed by atoms with Gasteiger partial charge < -0.3 is 14.8 Å². The highest BCUT2D eigenvalue weighted by Gasteiger charge is 2.08. The van der Waals surface area contributed by atoms with Crippen LogP contribution in [0.1, 0.15) is 12.6 Å². The number of nitrogens with one attached hydrogen (secondary N) is 1. The van der Waals surface area contributed by atoms with Gasteiger partial charge in [0.05, 0.1) is 19.4 Å². The largest absolute Gasteiger partial charge is 0.481 e. The van der Waals surface area contributed by atoms with Crippen molar-refractivity contribution in [1.29, 1.82) is 0 Å². The van der Waals surface area contributed by atoms with Crippen molar-refractivity contribution in [3.8, 4) is 5.88 Å². The van der Waals surface area contributed by atoms with Crippen molar-refractivity contribution in [2.45, 2.75) is 13.5 Å². The molecule has 100 valence electrons. The Balaban J connectivity index is 2.37. The minimum absolute atomic E-state index is 0.356. The number of esters is 1. The highest BCUT2D eigenvalue weighted by Crippen LogP contribution is 2.10. The van der Waals surface area contributed by atoms with Gasteiger partial charge in [0.1, 0.15) is 0 Å². The number of methoxy groups -OCH3 is 1. The molecule has 6 heteroatoms. The molecule has 1 aromatic rings. The van der Waals surface area contributed by atoms with E-state index in [9.17, 15) is 4.79 Å². The van der Waals surface area contributed by atoms with E-state index in [-0.39, 0.29) is 5.97 Å². The van der Waals surface area contributed by atoms with Gasteiger partial charge >= 0.3 is 5.97 Å². The van der Waals surface area contributed by atoms with Crippen LogP contribution in [0.3, 0.4) is 0 Å². The summed E-state index contributed by atoms with van der Waals surface area (Å²) in [4.78, 5) is 11.3. The summed E-state index contributed by atoms with van der Waals surface area (Å²) in [6.07, 6.45) is 0. The molecule has 0 amide bonds. The van der Waals surface area contributed by atoms with Gasteiger partial charge in [0.15, 0.2) is 0 Å². The smallest absolute Gasteiger partial charge is 0.334 e. The van der Waals surface area contributed by atoms with Gasteiger partial charge in [-0.2, -0.15) is 5.10 Å². The van der Waals surface area contributed by atoms with Crippen molar-refractivity contribution in [3.63, 3.8) is 0 Å². The Labute approximate surface area is 107 Å². The van der Waals surface area contributed by atoms with E-state index in [2.05, 4.69) is 17.0 Å². The Bertz CT molecular complexity index is 426. The molecule has 0 fully saturated rings. The van der Waals surface area contributed by atoms with Gasteiger partial charge in [0.25, 0.3) is 0 Å². The lowest BCUT2D eigenvalue weighted by atomic mass is 10.3. The van der Waals surface area contributed by atoms with Gasteiger partial charge in [0, 0.05) is 31.8 Å². The quantitative estimate of drug-likeness (QED) is 0.570. The van der Waals surface area contributed by atoms with Crippen molar-refractivity contribution >= 4 is 5.97 Å². The topological polar surface area (TPSA) is 65.4 Å². The van der Waals surface area contributed by atoms with E-state index in [1.54, 1.807) is 25.8 Å². The average Bonchev–Trinajstić information content (AvgIpc) is 2.70. The van der Waals surface area contributed by atoms with Crippen molar-refractivity contribution in [2.75, 3.05) is 20.3 Å². The molecule has 6 nitrogen and oxygen atoms in total. The van der Waals surface area contributed by atoms with Gasteiger partial charge in [-0.25, -0.2) is 9.48 Å². The maximum Gasteiger partial charge on any atom is 0.334 e. The minimum Gasteiger partial charge on any atom is -0.481 e. The van der Waals surface area contributed by atoms with Gasteiger partial charge in [-0.3, -0.25) is 0 Å². The molecule has 0 aliphatic carbocycles. The highest BCUT2D eigenvalue weighted by molar-refractivity contribution is 5.88. The second-order valence-electron chi connectivity index (χ2n) is 3.73. The molecule has 0 aromatic carbocycles. The van der Waals surface area contributed by atoms with Crippen LogP contribution < -0.4 is 10.1 Å². The summed E-state index contributed by atoms with van der Waals surface area (Å²) >= 11 is 0. The lowest BCUT2D eigenvalue weighted by Gasteiger charge is -2.05. The maximum atomic E-state index is 11.3. The Hall–Kier alpha value is -1.82. The van der Waals surface area contributed by atoms with Crippen LogP contribution in [0, 0.1) is 0 Å². The minimum atomic E-state index is -0.372. The standard InChI is InChI=1S/C12H19N3O3/c1-5-18-12(16)9(2)7-13-8-10-6-11(17-4)15(3)14-10/h6,13H,2,5,7-8H2,1,3-4H3. The molecular weight excluding hydrogens is 234 g/mol. The number of carbonyl (C=O) groups excluding carboxylic acids is 1. The zero-order valence-electron chi connectivity index (χ0n) is 11.0. The molecule has 1 rings (SSSR count). The fourth-order valence-corrected chi connectivity index (χ4v) is 1.43. The molecule has 0 unspecified atom stereocenters. The summed E-state index contributed by atoms with van der Waals surface area (Å²) in [5, 5.41) is 7.32. The first-order valence-corrected chi connectivity index (χ1v) is 5.71. The van der Waals surface area contributed by atoms with E-state index in [0.717, 1.165) is 5.69 Å². The molecule has 0 aliphatic heterocycles. The van der Waals surface area contributed by atoms with Crippen molar-refractivity contribution in [1.82, 2.24) is 15.1 Å². The summed E-state index contributed by atoms with van der Waals surface area (Å²) in [5.74, 6) is 0.319. The molecule has 1 heterocycles. The average molecular weight is 253 g/mol. The number of rotatable bonds is 7. The molecule has 1 N–H and O–H groups in total. The zero-order chi connectivity index (χ0) is 13.5. The third-order valence-electron chi connectivity index (χ3n) is 2.31. The van der Waals surface area contributed by atoms with Crippen molar-refractivity contribution in [3.05, 3.63) is 23.9 Å². The number of nitrogens with zero attached hydrogens (tertiary/aromatic N) is 2. The van der Waals surface area contributed by atoms with Crippen molar-refractivity contribution in [2.24, 2.45) is 7.05 Å². The van der Waals surface area contributed by atoms with Crippen LogP contribution >= 0.6 is 0 Å². The molecule has 1 aromatic heterocycles. The van der Waals surface area contributed by atoms with Gasteiger partial charge in [-0.05, 0) is 6.92 Å². The van der Waals surface area contributed by atoms with Gasteiger partial charge in [0.2, 0.25) is 5.88 Å². The second kappa shape index (κ2) is 6.80. The maximum absolute atomic E-state index is 11.3.